The van der Waals surface area contributed by atoms with E-state index in [1.165, 1.54) is 11.1 Å². The molecule has 0 unspecified atom stereocenters. The Hall–Kier alpha value is -1.04. The lowest BCUT2D eigenvalue weighted by Gasteiger charge is -2.02. The molecule has 0 N–H and O–H groups in total. The monoisotopic (exact) mass is 192 g/mol. The number of rotatable bonds is 2. The van der Waals surface area contributed by atoms with E-state index in [1.807, 2.05) is 13.8 Å². The van der Waals surface area contributed by atoms with Gasteiger partial charge in [-0.3, -0.25) is 0 Å². The quantitative estimate of drug-likeness (QED) is 0.599. The topological polar surface area (TPSA) is 0 Å². The second kappa shape index (κ2) is 12.0. The van der Waals surface area contributed by atoms with Gasteiger partial charge in [-0.25, -0.2) is 0 Å². The van der Waals surface area contributed by atoms with Gasteiger partial charge in [-0.05, 0) is 24.0 Å². The molecule has 0 saturated carbocycles. The molecule has 80 valence electrons. The molecule has 1 aromatic rings. The lowest BCUT2D eigenvalue weighted by Crippen LogP contribution is -1.88. The van der Waals surface area contributed by atoms with Crippen LogP contribution in [0.3, 0.4) is 0 Å². The summed E-state index contributed by atoms with van der Waals surface area (Å²) in [5.74, 6) is 0. The Bertz CT molecular complexity index is 190. The van der Waals surface area contributed by atoms with E-state index < -0.39 is 0 Å². The van der Waals surface area contributed by atoms with E-state index in [-0.39, 0.29) is 0 Å². The van der Waals surface area contributed by atoms with Crippen molar-refractivity contribution in [1.82, 2.24) is 0 Å². The van der Waals surface area contributed by atoms with Gasteiger partial charge in [0.15, 0.2) is 0 Å². The standard InChI is InChI=1S/C10H14.C2H6.C2H4/c1-3-9-7-5-6-8-10(9)4-2;2*1-2/h5-8H,3-4H2,1-2H3;1-2H3;1-2H2. The Morgan fingerprint density at radius 3 is 1.36 bits per heavy atom. The van der Waals surface area contributed by atoms with Crippen LogP contribution in [0.4, 0.5) is 0 Å². The van der Waals surface area contributed by atoms with E-state index >= 15 is 0 Å². The summed E-state index contributed by atoms with van der Waals surface area (Å²) < 4.78 is 0. The highest BCUT2D eigenvalue weighted by Gasteiger charge is 1.93. The van der Waals surface area contributed by atoms with E-state index in [1.54, 1.807) is 0 Å². The van der Waals surface area contributed by atoms with Gasteiger partial charge >= 0.3 is 0 Å². The second-order valence-electron chi connectivity index (χ2n) is 2.48. The predicted octanol–water partition coefficient (Wildman–Crippen LogP) is 4.64. The molecule has 0 aromatic heterocycles. The summed E-state index contributed by atoms with van der Waals surface area (Å²) in [6.45, 7) is 14.4. The molecule has 14 heavy (non-hydrogen) atoms. The molecule has 0 heteroatoms. The smallest absolute Gasteiger partial charge is 0.0305 e. The lowest BCUT2D eigenvalue weighted by molar-refractivity contribution is 1.04. The van der Waals surface area contributed by atoms with Gasteiger partial charge in [0.1, 0.15) is 0 Å². The van der Waals surface area contributed by atoms with Crippen LogP contribution in [0.1, 0.15) is 38.8 Å². The average molecular weight is 192 g/mol. The Morgan fingerprint density at radius 2 is 1.14 bits per heavy atom. The Balaban J connectivity index is 0. The van der Waals surface area contributed by atoms with Crippen molar-refractivity contribution in [3.05, 3.63) is 48.6 Å². The van der Waals surface area contributed by atoms with Crippen molar-refractivity contribution in [3.8, 4) is 0 Å². The van der Waals surface area contributed by atoms with Crippen molar-refractivity contribution >= 4 is 0 Å². The zero-order valence-electron chi connectivity index (χ0n) is 10.1. The van der Waals surface area contributed by atoms with Gasteiger partial charge < -0.3 is 0 Å². The van der Waals surface area contributed by atoms with E-state index in [2.05, 4.69) is 51.3 Å². The summed E-state index contributed by atoms with van der Waals surface area (Å²) in [5.41, 5.74) is 2.98. The van der Waals surface area contributed by atoms with Gasteiger partial charge in [-0.1, -0.05) is 52.0 Å². The first-order chi connectivity index (χ1) is 6.88. The van der Waals surface area contributed by atoms with Gasteiger partial charge in [0.05, 0.1) is 0 Å². The third-order valence-corrected chi connectivity index (χ3v) is 1.88. The first-order valence-corrected chi connectivity index (χ1v) is 5.45. The largest absolute Gasteiger partial charge is 0.106 e. The van der Waals surface area contributed by atoms with Crippen molar-refractivity contribution < 1.29 is 0 Å². The molecule has 0 amide bonds. The van der Waals surface area contributed by atoms with Crippen LogP contribution in [0.5, 0.6) is 0 Å². The number of hydrogen-bond donors (Lipinski definition) is 0. The van der Waals surface area contributed by atoms with Gasteiger partial charge in [0.25, 0.3) is 0 Å². The molecule has 0 spiro atoms. The van der Waals surface area contributed by atoms with Crippen molar-refractivity contribution in [3.63, 3.8) is 0 Å². The summed E-state index contributed by atoms with van der Waals surface area (Å²) in [4.78, 5) is 0. The van der Waals surface area contributed by atoms with E-state index in [4.69, 9.17) is 0 Å². The maximum absolute atomic E-state index is 3.00. The fourth-order valence-electron chi connectivity index (χ4n) is 1.25. The zero-order chi connectivity index (χ0) is 11.4. The third kappa shape index (κ3) is 5.58. The summed E-state index contributed by atoms with van der Waals surface area (Å²) in [6.07, 6.45) is 2.31. The van der Waals surface area contributed by atoms with Crippen molar-refractivity contribution in [2.24, 2.45) is 0 Å². The van der Waals surface area contributed by atoms with E-state index in [0.717, 1.165) is 12.8 Å². The molecule has 1 aromatic carbocycles. The molecule has 0 aliphatic carbocycles. The molecule has 0 radical (unpaired) electrons. The first kappa shape index (κ1) is 15.4. The number of benzene rings is 1. The van der Waals surface area contributed by atoms with Gasteiger partial charge in [-0.2, -0.15) is 0 Å². The van der Waals surface area contributed by atoms with Crippen molar-refractivity contribution in [2.75, 3.05) is 0 Å². The fourth-order valence-corrected chi connectivity index (χ4v) is 1.25. The zero-order valence-corrected chi connectivity index (χ0v) is 10.1. The fraction of sp³-hybridized carbons (Fsp3) is 0.429. The highest BCUT2D eigenvalue weighted by molar-refractivity contribution is 5.26. The summed E-state index contributed by atoms with van der Waals surface area (Å²) >= 11 is 0. The van der Waals surface area contributed by atoms with Crippen LogP contribution in [0.2, 0.25) is 0 Å². The van der Waals surface area contributed by atoms with Crippen LogP contribution in [0, 0.1) is 0 Å². The number of hydrogen-bond acceptors (Lipinski definition) is 0. The third-order valence-electron chi connectivity index (χ3n) is 1.88. The lowest BCUT2D eigenvalue weighted by atomic mass is 10.0. The SMILES string of the molecule is C=C.CC.CCc1ccccc1CC. The van der Waals surface area contributed by atoms with Crippen molar-refractivity contribution in [1.29, 1.82) is 0 Å². The molecule has 0 nitrogen and oxygen atoms in total. The minimum Gasteiger partial charge on any atom is -0.106 e. The molecule has 0 fully saturated rings. The normalized spacial score (nSPS) is 7.71. The minimum absolute atomic E-state index is 1.16. The molecule has 0 atom stereocenters. The maximum atomic E-state index is 3.00. The average Bonchev–Trinajstić information content (AvgIpc) is 2.34. The molecular weight excluding hydrogens is 168 g/mol. The number of aryl methyl sites for hydroxylation is 2. The molecule has 0 saturated heterocycles. The highest BCUT2D eigenvalue weighted by atomic mass is 14.0. The van der Waals surface area contributed by atoms with E-state index in [9.17, 15) is 0 Å². The summed E-state index contributed by atoms with van der Waals surface area (Å²) in [5, 5.41) is 0. The first-order valence-electron chi connectivity index (χ1n) is 5.45. The van der Waals surface area contributed by atoms with Crippen molar-refractivity contribution in [2.45, 2.75) is 40.5 Å². The van der Waals surface area contributed by atoms with Crippen LogP contribution >= 0.6 is 0 Å². The Labute approximate surface area is 89.7 Å². The summed E-state index contributed by atoms with van der Waals surface area (Å²) in [7, 11) is 0. The van der Waals surface area contributed by atoms with Crippen LogP contribution in [-0.2, 0) is 12.8 Å². The summed E-state index contributed by atoms with van der Waals surface area (Å²) in [6, 6.07) is 8.63. The minimum atomic E-state index is 1.16. The van der Waals surface area contributed by atoms with Crippen LogP contribution in [0.25, 0.3) is 0 Å². The van der Waals surface area contributed by atoms with Gasteiger partial charge in [0.2, 0.25) is 0 Å². The molecule has 0 aliphatic heterocycles. The second-order valence-corrected chi connectivity index (χ2v) is 2.48. The molecule has 1 rings (SSSR count). The highest BCUT2D eigenvalue weighted by Crippen LogP contribution is 2.08. The Morgan fingerprint density at radius 1 is 0.857 bits per heavy atom. The van der Waals surface area contributed by atoms with Crippen LogP contribution in [-0.4, -0.2) is 0 Å². The molecule has 0 bridgehead atoms. The molecule has 0 heterocycles. The maximum Gasteiger partial charge on any atom is -0.0305 e. The van der Waals surface area contributed by atoms with E-state index in [0.29, 0.717) is 0 Å². The van der Waals surface area contributed by atoms with Gasteiger partial charge in [0, 0.05) is 0 Å². The Kier molecular flexibility index (Phi) is 13.2. The van der Waals surface area contributed by atoms with Gasteiger partial charge in [-0.15, -0.1) is 13.2 Å². The molecule has 0 aliphatic rings. The molecular formula is C14H24. The predicted molar refractivity (Wildman–Crippen MR) is 67.8 cm³/mol. The van der Waals surface area contributed by atoms with Crippen LogP contribution < -0.4 is 0 Å². The van der Waals surface area contributed by atoms with Crippen LogP contribution in [0.15, 0.2) is 37.4 Å².